The number of aromatic nitrogens is 2. The lowest BCUT2D eigenvalue weighted by molar-refractivity contribution is 0.0917. The number of carbonyl (C=O) groups excluding carboxylic acids is 1. The quantitative estimate of drug-likeness (QED) is 0.760. The fourth-order valence-corrected chi connectivity index (χ4v) is 4.77. The average molecular weight is 387 g/mol. The summed E-state index contributed by atoms with van der Waals surface area (Å²) in [6, 6.07) is 2.26. The highest BCUT2D eigenvalue weighted by Gasteiger charge is 2.26. The molecule has 6 nitrogen and oxygen atoms in total. The highest BCUT2D eigenvalue weighted by molar-refractivity contribution is 7.18. The molecule has 2 atom stereocenters. The van der Waals surface area contributed by atoms with Gasteiger partial charge in [0.1, 0.15) is 4.83 Å². The molecule has 27 heavy (non-hydrogen) atoms. The van der Waals surface area contributed by atoms with Gasteiger partial charge in [0, 0.05) is 17.3 Å². The summed E-state index contributed by atoms with van der Waals surface area (Å²) in [5.41, 5.74) is 0.807. The molecule has 1 amide bonds. The minimum absolute atomic E-state index is 0.00721. The molecule has 3 rings (SSSR count). The second-order valence-corrected chi connectivity index (χ2v) is 8.95. The van der Waals surface area contributed by atoms with E-state index in [1.54, 1.807) is 0 Å². The molecular weight excluding hydrogens is 360 g/mol. The second kappa shape index (κ2) is 7.81. The Hall–Kier alpha value is -2.20. The van der Waals surface area contributed by atoms with Gasteiger partial charge in [-0.05, 0) is 56.4 Å². The SMILES string of the molecule is CCC(C)(CCC(C)C#N)CNC(=O)c1nc2sc3c(c2c(=O)[nH]1)CCC3. The molecule has 0 spiro atoms. The Balaban J connectivity index is 1.72. The van der Waals surface area contributed by atoms with Crippen LogP contribution in [0, 0.1) is 22.7 Å². The predicted molar refractivity (Wildman–Crippen MR) is 107 cm³/mol. The molecule has 1 aliphatic carbocycles. The Kier molecular flexibility index (Phi) is 5.66. The van der Waals surface area contributed by atoms with Gasteiger partial charge in [0.15, 0.2) is 0 Å². The summed E-state index contributed by atoms with van der Waals surface area (Å²) < 4.78 is 0. The van der Waals surface area contributed by atoms with Crippen LogP contribution in [0.2, 0.25) is 0 Å². The third-order valence-electron chi connectivity index (χ3n) is 5.72. The lowest BCUT2D eigenvalue weighted by Crippen LogP contribution is -2.37. The molecule has 0 fully saturated rings. The molecule has 0 aliphatic heterocycles. The molecule has 7 heteroatoms. The second-order valence-electron chi connectivity index (χ2n) is 7.87. The molecule has 0 radical (unpaired) electrons. The van der Waals surface area contributed by atoms with Crippen molar-refractivity contribution in [2.24, 2.45) is 11.3 Å². The number of nitrogens with zero attached hydrogens (tertiary/aromatic N) is 2. The van der Waals surface area contributed by atoms with Gasteiger partial charge in [-0.3, -0.25) is 9.59 Å². The van der Waals surface area contributed by atoms with E-state index in [0.717, 1.165) is 44.1 Å². The normalized spacial score (nSPS) is 16.5. The van der Waals surface area contributed by atoms with Crippen LogP contribution in [0.25, 0.3) is 10.2 Å². The summed E-state index contributed by atoms with van der Waals surface area (Å²) in [6.07, 6.45) is 5.55. The van der Waals surface area contributed by atoms with Crippen LogP contribution in [0.3, 0.4) is 0 Å². The van der Waals surface area contributed by atoms with Crippen LogP contribution in [0.4, 0.5) is 0 Å². The van der Waals surface area contributed by atoms with Crippen molar-refractivity contribution in [3.63, 3.8) is 0 Å². The maximum absolute atomic E-state index is 12.6. The maximum Gasteiger partial charge on any atom is 0.287 e. The minimum Gasteiger partial charge on any atom is -0.349 e. The number of aromatic amines is 1. The smallest absolute Gasteiger partial charge is 0.287 e. The summed E-state index contributed by atoms with van der Waals surface area (Å²) >= 11 is 1.53. The van der Waals surface area contributed by atoms with Crippen molar-refractivity contribution >= 4 is 27.5 Å². The van der Waals surface area contributed by atoms with Gasteiger partial charge in [0.25, 0.3) is 11.5 Å². The van der Waals surface area contributed by atoms with Crippen molar-refractivity contribution in [1.29, 1.82) is 5.26 Å². The van der Waals surface area contributed by atoms with Crippen molar-refractivity contribution in [2.75, 3.05) is 6.54 Å². The van der Waals surface area contributed by atoms with Crippen molar-refractivity contribution in [1.82, 2.24) is 15.3 Å². The van der Waals surface area contributed by atoms with Gasteiger partial charge in [0.05, 0.1) is 11.5 Å². The summed E-state index contributed by atoms with van der Waals surface area (Å²) in [4.78, 5) is 34.0. The zero-order chi connectivity index (χ0) is 19.6. The first kappa shape index (κ1) is 19.6. The highest BCUT2D eigenvalue weighted by Crippen LogP contribution is 2.34. The lowest BCUT2D eigenvalue weighted by atomic mass is 9.81. The van der Waals surface area contributed by atoms with Crippen LogP contribution >= 0.6 is 11.3 Å². The maximum atomic E-state index is 12.6. The minimum atomic E-state index is -0.351. The summed E-state index contributed by atoms with van der Waals surface area (Å²) in [5, 5.41) is 12.5. The van der Waals surface area contributed by atoms with E-state index >= 15 is 0 Å². The topological polar surface area (TPSA) is 98.6 Å². The number of nitrogens with one attached hydrogen (secondary N) is 2. The average Bonchev–Trinajstić information content (AvgIpc) is 3.24. The summed E-state index contributed by atoms with van der Waals surface area (Å²) in [6.45, 7) is 6.60. The molecule has 2 aromatic heterocycles. The van der Waals surface area contributed by atoms with E-state index in [1.807, 2.05) is 6.92 Å². The van der Waals surface area contributed by atoms with Gasteiger partial charge in [-0.15, -0.1) is 11.3 Å². The molecule has 2 N–H and O–H groups in total. The van der Waals surface area contributed by atoms with Crippen molar-refractivity contribution in [3.8, 4) is 6.07 Å². The van der Waals surface area contributed by atoms with E-state index in [-0.39, 0.29) is 28.6 Å². The Morgan fingerprint density at radius 1 is 1.48 bits per heavy atom. The first-order valence-electron chi connectivity index (χ1n) is 9.59. The van der Waals surface area contributed by atoms with Gasteiger partial charge >= 0.3 is 0 Å². The van der Waals surface area contributed by atoms with E-state index in [9.17, 15) is 9.59 Å². The number of fused-ring (bicyclic) bond motifs is 3. The van der Waals surface area contributed by atoms with Crippen molar-refractivity contribution in [2.45, 2.75) is 59.3 Å². The summed E-state index contributed by atoms with van der Waals surface area (Å²) in [7, 11) is 0. The van der Waals surface area contributed by atoms with E-state index in [1.165, 1.54) is 16.2 Å². The summed E-state index contributed by atoms with van der Waals surface area (Å²) in [5.74, 6) is -0.264. The molecule has 2 heterocycles. The molecule has 0 saturated heterocycles. The Morgan fingerprint density at radius 3 is 2.96 bits per heavy atom. The van der Waals surface area contributed by atoms with Crippen LogP contribution in [-0.2, 0) is 12.8 Å². The number of thiophene rings is 1. The lowest BCUT2D eigenvalue weighted by Gasteiger charge is -2.29. The third-order valence-corrected chi connectivity index (χ3v) is 6.91. The number of rotatable bonds is 7. The fourth-order valence-electron chi connectivity index (χ4n) is 3.51. The first-order valence-corrected chi connectivity index (χ1v) is 10.4. The number of nitriles is 1. The number of carbonyl (C=O) groups is 1. The van der Waals surface area contributed by atoms with E-state index in [2.05, 4.69) is 35.2 Å². The van der Waals surface area contributed by atoms with E-state index in [0.29, 0.717) is 16.8 Å². The van der Waals surface area contributed by atoms with Crippen LogP contribution < -0.4 is 10.9 Å². The third kappa shape index (κ3) is 4.06. The van der Waals surface area contributed by atoms with E-state index in [4.69, 9.17) is 5.26 Å². The standard InChI is InChI=1S/C20H26N4O2S/c1-4-20(3,9-8-12(2)10-21)11-22-18(26)16-23-17(25)15-13-6-5-7-14(13)27-19(15)24-16/h12H,4-9,11H2,1-3H3,(H,22,26)(H,23,24,25). The van der Waals surface area contributed by atoms with Gasteiger partial charge in [-0.1, -0.05) is 13.8 Å². The monoisotopic (exact) mass is 386 g/mol. The zero-order valence-corrected chi connectivity index (χ0v) is 17.0. The molecule has 1 aliphatic rings. The Morgan fingerprint density at radius 2 is 2.26 bits per heavy atom. The van der Waals surface area contributed by atoms with Crippen LogP contribution in [-0.4, -0.2) is 22.4 Å². The molecule has 0 saturated carbocycles. The molecule has 2 aromatic rings. The van der Waals surface area contributed by atoms with Gasteiger partial charge in [-0.2, -0.15) is 5.26 Å². The van der Waals surface area contributed by atoms with Crippen LogP contribution in [0.1, 0.15) is 67.5 Å². The van der Waals surface area contributed by atoms with Crippen molar-refractivity contribution < 1.29 is 4.79 Å². The molecule has 0 bridgehead atoms. The largest absolute Gasteiger partial charge is 0.349 e. The van der Waals surface area contributed by atoms with Gasteiger partial charge in [-0.25, -0.2) is 4.98 Å². The van der Waals surface area contributed by atoms with Crippen LogP contribution in [0.15, 0.2) is 4.79 Å². The fraction of sp³-hybridized carbons (Fsp3) is 0.600. The number of H-pyrrole nitrogens is 1. The highest BCUT2D eigenvalue weighted by atomic mass is 32.1. The van der Waals surface area contributed by atoms with Crippen LogP contribution in [0.5, 0.6) is 0 Å². The Labute approximate surface area is 163 Å². The van der Waals surface area contributed by atoms with Gasteiger partial charge in [0.2, 0.25) is 5.82 Å². The first-order chi connectivity index (χ1) is 12.9. The number of aryl methyl sites for hydroxylation is 2. The molecule has 2 unspecified atom stereocenters. The number of hydrogen-bond donors (Lipinski definition) is 2. The zero-order valence-electron chi connectivity index (χ0n) is 16.1. The van der Waals surface area contributed by atoms with Gasteiger partial charge < -0.3 is 10.3 Å². The number of hydrogen-bond acceptors (Lipinski definition) is 5. The molecule has 0 aromatic carbocycles. The van der Waals surface area contributed by atoms with Crippen molar-refractivity contribution in [3.05, 3.63) is 26.6 Å². The molecule has 144 valence electrons. The molecular formula is C20H26N4O2S. The number of amides is 1. The predicted octanol–water partition coefficient (Wildman–Crippen LogP) is 3.56. The Bertz CT molecular complexity index is 955. The van der Waals surface area contributed by atoms with E-state index < -0.39 is 0 Å².